The first-order valence-corrected chi connectivity index (χ1v) is 12.2. The van der Waals surface area contributed by atoms with Crippen molar-refractivity contribution >= 4 is 28.5 Å². The zero-order chi connectivity index (χ0) is 24.5. The van der Waals surface area contributed by atoms with Gasteiger partial charge in [-0.05, 0) is 48.7 Å². The first-order valence-electron chi connectivity index (χ1n) is 11.9. The van der Waals surface area contributed by atoms with Crippen molar-refractivity contribution in [1.29, 1.82) is 0 Å². The highest BCUT2D eigenvalue weighted by atomic mass is 35.5. The third kappa shape index (κ3) is 6.55. The molecule has 1 aromatic heterocycles. The molecule has 0 spiro atoms. The number of aromatic nitrogens is 2. The molecule has 182 valence electrons. The van der Waals surface area contributed by atoms with Gasteiger partial charge in [-0.2, -0.15) is 0 Å². The van der Waals surface area contributed by atoms with Crippen LogP contribution in [0.15, 0.2) is 72.8 Å². The molecule has 0 aliphatic carbocycles. The highest BCUT2D eigenvalue weighted by Gasteiger charge is 2.12. The number of rotatable bonds is 12. The molecule has 0 saturated carbocycles. The second kappa shape index (κ2) is 12.3. The van der Waals surface area contributed by atoms with Crippen molar-refractivity contribution in [1.82, 2.24) is 14.9 Å². The molecule has 0 aliphatic rings. The Hall–Kier alpha value is -3.51. The number of hydrogen-bond donors (Lipinski definition) is 1. The Kier molecular flexibility index (Phi) is 8.63. The molecule has 4 aromatic rings. The van der Waals surface area contributed by atoms with Crippen LogP contribution in [0.4, 0.5) is 0 Å². The van der Waals surface area contributed by atoms with E-state index in [1.807, 2.05) is 60.7 Å². The van der Waals surface area contributed by atoms with Gasteiger partial charge in [0.2, 0.25) is 5.91 Å². The number of hydrogen-bond acceptors (Lipinski definition) is 4. The maximum absolute atomic E-state index is 12.4. The van der Waals surface area contributed by atoms with Crippen LogP contribution >= 0.6 is 11.6 Å². The predicted molar refractivity (Wildman–Crippen MR) is 139 cm³/mol. The number of halogens is 1. The number of imidazole rings is 1. The van der Waals surface area contributed by atoms with Crippen LogP contribution in [0.25, 0.3) is 11.0 Å². The predicted octanol–water partition coefficient (Wildman–Crippen LogP) is 5.46. The normalized spacial score (nSPS) is 10.9. The molecule has 6 nitrogen and oxygen atoms in total. The molecular formula is C28H30ClN3O3. The summed E-state index contributed by atoms with van der Waals surface area (Å²) in [6.07, 6.45) is 2.77. The number of unbranched alkanes of at least 4 members (excludes halogenated alkanes) is 1. The summed E-state index contributed by atoms with van der Waals surface area (Å²) in [7, 11) is 1.65. The molecule has 0 fully saturated rings. The van der Waals surface area contributed by atoms with Gasteiger partial charge in [0.05, 0.1) is 31.2 Å². The van der Waals surface area contributed by atoms with Crippen LogP contribution in [-0.2, 0) is 24.2 Å². The van der Waals surface area contributed by atoms with Gasteiger partial charge in [0, 0.05) is 24.5 Å². The number of carbonyl (C=O) groups excluding carboxylic acids is 1. The number of fused-ring (bicyclic) bond motifs is 1. The van der Waals surface area contributed by atoms with Gasteiger partial charge in [0.1, 0.15) is 5.82 Å². The van der Waals surface area contributed by atoms with E-state index in [4.69, 9.17) is 26.1 Å². The van der Waals surface area contributed by atoms with Crippen LogP contribution in [0.3, 0.4) is 0 Å². The molecule has 0 atom stereocenters. The van der Waals surface area contributed by atoms with E-state index < -0.39 is 0 Å². The fraction of sp³-hybridized carbons (Fsp3) is 0.286. The Bertz CT molecular complexity index is 1270. The average Bonchev–Trinajstić information content (AvgIpc) is 3.22. The molecule has 1 amide bonds. The largest absolute Gasteiger partial charge is 0.493 e. The fourth-order valence-electron chi connectivity index (χ4n) is 4.05. The topological polar surface area (TPSA) is 65.4 Å². The number of amides is 1. The molecule has 0 aliphatic heterocycles. The van der Waals surface area contributed by atoms with Crippen LogP contribution in [-0.4, -0.2) is 35.7 Å². The van der Waals surface area contributed by atoms with E-state index in [1.54, 1.807) is 13.2 Å². The summed E-state index contributed by atoms with van der Waals surface area (Å²) in [6.45, 7) is 1.96. The van der Waals surface area contributed by atoms with E-state index >= 15 is 0 Å². The van der Waals surface area contributed by atoms with Crippen LogP contribution in [0.1, 0.15) is 24.2 Å². The highest BCUT2D eigenvalue weighted by Crippen LogP contribution is 2.26. The fourth-order valence-corrected chi connectivity index (χ4v) is 4.25. The maximum atomic E-state index is 12.4. The van der Waals surface area contributed by atoms with Crippen LogP contribution in [0, 0.1) is 0 Å². The number of aryl methyl sites for hydroxylation is 1. The van der Waals surface area contributed by atoms with Crippen molar-refractivity contribution in [3.8, 4) is 11.5 Å². The summed E-state index contributed by atoms with van der Waals surface area (Å²) in [5, 5.41) is 3.61. The van der Waals surface area contributed by atoms with E-state index in [0.29, 0.717) is 24.6 Å². The second-order valence-electron chi connectivity index (χ2n) is 8.24. The van der Waals surface area contributed by atoms with Crippen molar-refractivity contribution in [2.45, 2.75) is 32.2 Å². The zero-order valence-corrected chi connectivity index (χ0v) is 20.6. The number of ether oxygens (including phenoxy) is 2. The van der Waals surface area contributed by atoms with Crippen molar-refractivity contribution in [2.75, 3.05) is 20.3 Å². The van der Waals surface area contributed by atoms with Crippen molar-refractivity contribution in [3.05, 3.63) is 89.2 Å². The third-order valence-electron chi connectivity index (χ3n) is 5.82. The number of methoxy groups -OCH3 is 1. The Morgan fingerprint density at radius 1 is 0.971 bits per heavy atom. The van der Waals surface area contributed by atoms with Crippen molar-refractivity contribution in [2.24, 2.45) is 0 Å². The number of nitrogens with one attached hydrogen (secondary N) is 1. The average molecular weight is 492 g/mol. The smallest absolute Gasteiger partial charge is 0.224 e. The lowest BCUT2D eigenvalue weighted by atomic mass is 10.1. The molecular weight excluding hydrogens is 462 g/mol. The molecule has 3 aromatic carbocycles. The van der Waals surface area contributed by atoms with Crippen LogP contribution in [0.2, 0.25) is 5.02 Å². The first-order chi connectivity index (χ1) is 17.2. The molecule has 35 heavy (non-hydrogen) atoms. The minimum absolute atomic E-state index is 0.0470. The monoisotopic (exact) mass is 491 g/mol. The SMILES string of the molecule is COc1ccccc1OCCCCn1c(CCNC(=O)Cc2ccccc2Cl)nc2ccccc21. The second-order valence-corrected chi connectivity index (χ2v) is 8.65. The van der Waals surface area contributed by atoms with Gasteiger partial charge in [0.15, 0.2) is 11.5 Å². The van der Waals surface area contributed by atoms with Crippen molar-refractivity contribution < 1.29 is 14.3 Å². The first kappa shape index (κ1) is 24.6. The van der Waals surface area contributed by atoms with E-state index in [2.05, 4.69) is 16.0 Å². The Morgan fingerprint density at radius 2 is 1.71 bits per heavy atom. The summed E-state index contributed by atoms with van der Waals surface area (Å²) in [6, 6.07) is 23.2. The standard InChI is InChI=1S/C28H30ClN3O3/c1-34-25-14-6-7-15-26(25)35-19-9-8-18-32-24-13-5-4-12-23(24)31-27(32)16-17-30-28(33)20-21-10-2-3-11-22(21)29/h2-7,10-15H,8-9,16-20H2,1H3,(H,30,33). The zero-order valence-electron chi connectivity index (χ0n) is 19.9. The van der Waals surface area contributed by atoms with Gasteiger partial charge in [-0.15, -0.1) is 0 Å². The molecule has 1 N–H and O–H groups in total. The minimum atomic E-state index is -0.0470. The number of nitrogens with zero attached hydrogens (tertiary/aromatic N) is 2. The summed E-state index contributed by atoms with van der Waals surface area (Å²) < 4.78 is 13.5. The Balaban J connectivity index is 1.31. The lowest BCUT2D eigenvalue weighted by Gasteiger charge is -2.12. The summed E-state index contributed by atoms with van der Waals surface area (Å²) in [4.78, 5) is 17.2. The van der Waals surface area contributed by atoms with Crippen LogP contribution < -0.4 is 14.8 Å². The number of benzene rings is 3. The summed E-state index contributed by atoms with van der Waals surface area (Å²) in [5.41, 5.74) is 2.90. The van der Waals surface area contributed by atoms with Gasteiger partial charge in [0.25, 0.3) is 0 Å². The van der Waals surface area contributed by atoms with Crippen molar-refractivity contribution in [3.63, 3.8) is 0 Å². The maximum Gasteiger partial charge on any atom is 0.224 e. The van der Waals surface area contributed by atoms with E-state index in [0.717, 1.165) is 53.3 Å². The molecule has 4 rings (SSSR count). The van der Waals surface area contributed by atoms with Gasteiger partial charge in [-0.25, -0.2) is 4.98 Å². The number of para-hydroxylation sites is 4. The lowest BCUT2D eigenvalue weighted by Crippen LogP contribution is -2.28. The third-order valence-corrected chi connectivity index (χ3v) is 6.18. The molecule has 0 saturated heterocycles. The summed E-state index contributed by atoms with van der Waals surface area (Å²) >= 11 is 6.18. The molecule has 0 unspecified atom stereocenters. The molecule has 0 radical (unpaired) electrons. The molecule has 1 heterocycles. The Morgan fingerprint density at radius 3 is 2.54 bits per heavy atom. The quantitative estimate of drug-likeness (QED) is 0.267. The van der Waals surface area contributed by atoms with Gasteiger partial charge < -0.3 is 19.4 Å². The van der Waals surface area contributed by atoms with E-state index in [1.165, 1.54) is 0 Å². The lowest BCUT2D eigenvalue weighted by molar-refractivity contribution is -0.120. The van der Waals surface area contributed by atoms with Gasteiger partial charge in [-0.3, -0.25) is 4.79 Å². The molecule has 0 bridgehead atoms. The highest BCUT2D eigenvalue weighted by molar-refractivity contribution is 6.31. The van der Waals surface area contributed by atoms with Crippen LogP contribution in [0.5, 0.6) is 11.5 Å². The van der Waals surface area contributed by atoms with E-state index in [9.17, 15) is 4.79 Å². The van der Waals surface area contributed by atoms with Gasteiger partial charge in [-0.1, -0.05) is 54.1 Å². The number of carbonyl (C=O) groups is 1. The molecule has 7 heteroatoms. The minimum Gasteiger partial charge on any atom is -0.493 e. The van der Waals surface area contributed by atoms with E-state index in [-0.39, 0.29) is 12.3 Å². The van der Waals surface area contributed by atoms with Gasteiger partial charge >= 0.3 is 0 Å². The summed E-state index contributed by atoms with van der Waals surface area (Å²) in [5.74, 6) is 2.42. The Labute approximate surface area is 210 Å².